The first kappa shape index (κ1) is 32.6. The molecule has 0 aromatic heterocycles. The molecular weight excluding hydrogens is 476 g/mol. The van der Waals surface area contributed by atoms with E-state index in [4.69, 9.17) is 17.2 Å². The Morgan fingerprint density at radius 1 is 0.857 bits per heavy atom. The van der Waals surface area contributed by atoms with Gasteiger partial charge in [-0.25, -0.2) is 4.79 Å². The Bertz CT molecular complexity index is 708. The zero-order chi connectivity index (χ0) is 27.0. The van der Waals surface area contributed by atoms with Crippen molar-refractivity contribution in [3.8, 4) is 0 Å². The van der Waals surface area contributed by atoms with E-state index in [1.165, 1.54) is 11.8 Å². The highest BCUT2D eigenvalue weighted by molar-refractivity contribution is 7.98. The van der Waals surface area contributed by atoms with Gasteiger partial charge in [-0.1, -0.05) is 13.8 Å². The third-order valence-electron chi connectivity index (χ3n) is 5.18. The van der Waals surface area contributed by atoms with E-state index in [1.54, 1.807) is 0 Å². The number of nitrogens with two attached hydrogens (primary N) is 3. The largest absolute Gasteiger partial charge is 0.480 e. The smallest absolute Gasteiger partial charge is 0.326 e. The number of carboxylic acid groups (broad SMARTS) is 1. The van der Waals surface area contributed by atoms with Gasteiger partial charge in [0, 0.05) is 6.42 Å². The van der Waals surface area contributed by atoms with Crippen LogP contribution in [0, 0.1) is 5.92 Å². The van der Waals surface area contributed by atoms with E-state index in [0.29, 0.717) is 25.1 Å². The zero-order valence-corrected chi connectivity index (χ0v) is 21.7. The number of hydrogen-bond acceptors (Lipinski definition) is 8. The minimum atomic E-state index is -1.16. The molecule has 0 radical (unpaired) electrons. The van der Waals surface area contributed by atoms with Gasteiger partial charge in [-0.2, -0.15) is 11.8 Å². The minimum absolute atomic E-state index is 0.0339. The molecule has 202 valence electrons. The molecule has 35 heavy (non-hydrogen) atoms. The fraction of sp³-hybridized carbons (Fsp3) is 0.773. The molecule has 0 spiro atoms. The monoisotopic (exact) mass is 518 g/mol. The number of aliphatic carboxylic acids is 1. The summed E-state index contributed by atoms with van der Waals surface area (Å²) in [5.74, 6) is -2.97. The van der Waals surface area contributed by atoms with Crippen LogP contribution in [-0.2, 0) is 24.0 Å². The van der Waals surface area contributed by atoms with Crippen LogP contribution in [0.15, 0.2) is 0 Å². The molecule has 0 heterocycles. The van der Waals surface area contributed by atoms with Crippen LogP contribution < -0.4 is 33.2 Å². The maximum atomic E-state index is 13.0. The Balaban J connectivity index is 5.45. The molecule has 4 amide bonds. The number of carboxylic acids is 1. The van der Waals surface area contributed by atoms with E-state index in [9.17, 15) is 29.1 Å². The van der Waals surface area contributed by atoms with Gasteiger partial charge in [0.1, 0.15) is 18.1 Å². The number of hydrogen-bond donors (Lipinski definition) is 7. The van der Waals surface area contributed by atoms with Crippen LogP contribution in [0.5, 0.6) is 0 Å². The van der Waals surface area contributed by atoms with Crippen LogP contribution in [0.25, 0.3) is 0 Å². The average Bonchev–Trinajstić information content (AvgIpc) is 2.78. The second-order valence-corrected chi connectivity index (χ2v) is 9.81. The van der Waals surface area contributed by atoms with Gasteiger partial charge in [-0.15, -0.1) is 0 Å². The summed E-state index contributed by atoms with van der Waals surface area (Å²) in [5.41, 5.74) is 16.4. The Labute approximate surface area is 211 Å². The first-order valence-corrected chi connectivity index (χ1v) is 13.2. The van der Waals surface area contributed by atoms with E-state index in [-0.39, 0.29) is 38.0 Å². The van der Waals surface area contributed by atoms with E-state index < -0.39 is 53.8 Å². The molecule has 0 aromatic carbocycles. The summed E-state index contributed by atoms with van der Waals surface area (Å²) in [5, 5.41) is 17.2. The van der Waals surface area contributed by atoms with Gasteiger partial charge in [-0.05, 0) is 63.0 Å². The van der Waals surface area contributed by atoms with Gasteiger partial charge in [0.2, 0.25) is 23.6 Å². The van der Waals surface area contributed by atoms with Crippen molar-refractivity contribution in [2.75, 3.05) is 18.6 Å². The number of carbonyl (C=O) groups excluding carboxylic acids is 4. The van der Waals surface area contributed by atoms with Gasteiger partial charge in [0.05, 0.1) is 6.04 Å². The van der Waals surface area contributed by atoms with Gasteiger partial charge in [0.25, 0.3) is 0 Å². The van der Waals surface area contributed by atoms with Crippen LogP contribution in [0.3, 0.4) is 0 Å². The highest BCUT2D eigenvalue weighted by atomic mass is 32.2. The number of nitrogens with one attached hydrogen (secondary N) is 3. The molecule has 0 aromatic rings. The normalized spacial score (nSPS) is 14.5. The van der Waals surface area contributed by atoms with Crippen molar-refractivity contribution in [3.63, 3.8) is 0 Å². The molecule has 0 fully saturated rings. The zero-order valence-electron chi connectivity index (χ0n) is 20.9. The van der Waals surface area contributed by atoms with Crippen LogP contribution in [-0.4, -0.2) is 77.4 Å². The third-order valence-corrected chi connectivity index (χ3v) is 5.83. The lowest BCUT2D eigenvalue weighted by Gasteiger charge is -2.25. The summed E-state index contributed by atoms with van der Waals surface area (Å²) in [4.78, 5) is 60.9. The minimum Gasteiger partial charge on any atom is -0.480 e. The van der Waals surface area contributed by atoms with Crippen LogP contribution in [0.4, 0.5) is 0 Å². The van der Waals surface area contributed by atoms with Crippen molar-refractivity contribution in [2.24, 2.45) is 23.1 Å². The summed E-state index contributed by atoms with van der Waals surface area (Å²) in [6, 6.07) is -4.08. The van der Waals surface area contributed by atoms with E-state index in [0.717, 1.165) is 0 Å². The van der Waals surface area contributed by atoms with E-state index in [1.807, 2.05) is 20.1 Å². The highest BCUT2D eigenvalue weighted by Crippen LogP contribution is 2.09. The summed E-state index contributed by atoms with van der Waals surface area (Å²) in [6.45, 7) is 4.09. The fourth-order valence-electron chi connectivity index (χ4n) is 3.21. The number of primary amides is 1. The first-order valence-electron chi connectivity index (χ1n) is 11.8. The summed E-state index contributed by atoms with van der Waals surface area (Å²) >= 11 is 1.47. The molecule has 12 nitrogen and oxygen atoms in total. The lowest BCUT2D eigenvalue weighted by Crippen LogP contribution is -2.57. The van der Waals surface area contributed by atoms with E-state index in [2.05, 4.69) is 16.0 Å². The van der Waals surface area contributed by atoms with Gasteiger partial charge >= 0.3 is 5.97 Å². The third kappa shape index (κ3) is 14.6. The van der Waals surface area contributed by atoms with Crippen molar-refractivity contribution in [1.29, 1.82) is 0 Å². The Morgan fingerprint density at radius 2 is 1.40 bits per heavy atom. The Morgan fingerprint density at radius 3 is 1.89 bits per heavy atom. The standard InChI is InChI=1S/C22H42N6O6S/c1-13(2)12-17(22(33)34)28-20(31)15(6-4-5-10-23)27-21(32)16(9-11-35-3)26-19(30)14(24)7-8-18(25)29/h13-17H,4-12,23-24H2,1-3H3,(H2,25,29)(H,26,30)(H,27,32)(H,28,31)(H,33,34). The first-order chi connectivity index (χ1) is 16.4. The molecule has 10 N–H and O–H groups in total. The molecular formula is C22H42N6O6S. The molecule has 0 aliphatic heterocycles. The predicted octanol–water partition coefficient (Wildman–Crippen LogP) is -0.954. The van der Waals surface area contributed by atoms with Crippen molar-refractivity contribution < 1.29 is 29.1 Å². The van der Waals surface area contributed by atoms with Gasteiger partial charge in [0.15, 0.2) is 0 Å². The Kier molecular flexibility index (Phi) is 16.7. The number of rotatable bonds is 19. The molecule has 0 rings (SSSR count). The summed E-state index contributed by atoms with van der Waals surface area (Å²) in [6.07, 6.45) is 3.74. The molecule has 0 saturated carbocycles. The molecule has 13 heteroatoms. The SMILES string of the molecule is CSCCC(NC(=O)C(N)CCC(N)=O)C(=O)NC(CCCCN)C(=O)NC(CC(C)C)C(=O)O. The van der Waals surface area contributed by atoms with Crippen molar-refractivity contribution in [3.05, 3.63) is 0 Å². The van der Waals surface area contributed by atoms with E-state index >= 15 is 0 Å². The van der Waals surface area contributed by atoms with Crippen molar-refractivity contribution in [1.82, 2.24) is 16.0 Å². The quantitative estimate of drug-likeness (QED) is 0.105. The molecule has 4 atom stereocenters. The molecule has 4 unspecified atom stereocenters. The van der Waals surface area contributed by atoms with Crippen LogP contribution in [0.1, 0.15) is 58.8 Å². The number of carbonyl (C=O) groups is 5. The number of unbranched alkanes of at least 4 members (excludes halogenated alkanes) is 1. The average molecular weight is 519 g/mol. The van der Waals surface area contributed by atoms with Crippen LogP contribution >= 0.6 is 11.8 Å². The molecule has 0 saturated heterocycles. The Hall–Kier alpha value is -2.38. The van der Waals surface area contributed by atoms with Crippen molar-refractivity contribution >= 4 is 41.4 Å². The van der Waals surface area contributed by atoms with Crippen molar-refractivity contribution in [2.45, 2.75) is 83.0 Å². The summed E-state index contributed by atoms with van der Waals surface area (Å²) in [7, 11) is 0. The lowest BCUT2D eigenvalue weighted by molar-refractivity contribution is -0.143. The fourth-order valence-corrected chi connectivity index (χ4v) is 3.68. The number of amides is 4. The number of thioether (sulfide) groups is 1. The maximum Gasteiger partial charge on any atom is 0.326 e. The van der Waals surface area contributed by atoms with Crippen LogP contribution in [0.2, 0.25) is 0 Å². The predicted molar refractivity (Wildman–Crippen MR) is 135 cm³/mol. The van der Waals surface area contributed by atoms with Gasteiger partial charge < -0.3 is 38.3 Å². The van der Waals surface area contributed by atoms with Gasteiger partial charge in [-0.3, -0.25) is 19.2 Å². The second kappa shape index (κ2) is 18.0. The molecule has 0 aliphatic rings. The maximum absolute atomic E-state index is 13.0. The molecule has 0 aliphatic carbocycles. The lowest BCUT2D eigenvalue weighted by atomic mass is 10.0. The highest BCUT2D eigenvalue weighted by Gasteiger charge is 2.30. The topological polar surface area (TPSA) is 220 Å². The molecule has 0 bridgehead atoms. The second-order valence-electron chi connectivity index (χ2n) is 8.83. The summed E-state index contributed by atoms with van der Waals surface area (Å²) < 4.78 is 0.